The Balaban J connectivity index is 2.59. The second kappa shape index (κ2) is 6.37. The fourth-order valence-corrected chi connectivity index (χ4v) is 2.40. The monoisotopic (exact) mass is 237 g/mol. The number of nitrogens with one attached hydrogen (secondary N) is 1. The van der Waals surface area contributed by atoms with Crippen molar-refractivity contribution < 1.29 is 0 Å². The van der Waals surface area contributed by atoms with Crippen LogP contribution in [0, 0.1) is 17.2 Å². The second-order valence-corrected chi connectivity index (χ2v) is 5.95. The van der Waals surface area contributed by atoms with E-state index in [2.05, 4.69) is 44.0 Å². The number of rotatable bonds is 4. The minimum Gasteiger partial charge on any atom is -0.301 e. The summed E-state index contributed by atoms with van der Waals surface area (Å²) in [6, 6.07) is 3.13. The van der Waals surface area contributed by atoms with Crippen LogP contribution in [0.5, 0.6) is 0 Å². The molecule has 1 aliphatic heterocycles. The Morgan fingerprint density at radius 3 is 2.47 bits per heavy atom. The summed E-state index contributed by atoms with van der Waals surface area (Å²) >= 11 is 0. The van der Waals surface area contributed by atoms with Crippen LogP contribution >= 0.6 is 0 Å². The molecule has 3 nitrogen and oxygen atoms in total. The first-order valence-electron chi connectivity index (χ1n) is 6.89. The van der Waals surface area contributed by atoms with Crippen LogP contribution in [0.2, 0.25) is 0 Å². The molecule has 1 unspecified atom stereocenters. The standard InChI is InChI=1S/C14H27N3/c1-12(2)10-16-14(11-15)6-5-8-17(9-7-14)13(3)4/h12-13,16H,5-10H2,1-4H3. The summed E-state index contributed by atoms with van der Waals surface area (Å²) in [5.41, 5.74) is -0.284. The Labute approximate surface area is 106 Å². The van der Waals surface area contributed by atoms with E-state index in [1.54, 1.807) is 0 Å². The number of nitrogens with zero attached hydrogens (tertiary/aromatic N) is 2. The fourth-order valence-electron chi connectivity index (χ4n) is 2.40. The number of hydrogen-bond acceptors (Lipinski definition) is 3. The maximum absolute atomic E-state index is 9.47. The van der Waals surface area contributed by atoms with Gasteiger partial charge in [-0.15, -0.1) is 0 Å². The molecule has 1 aliphatic rings. The molecule has 1 rings (SSSR count). The predicted octanol–water partition coefficient (Wildman–Crippen LogP) is 2.39. The van der Waals surface area contributed by atoms with E-state index >= 15 is 0 Å². The highest BCUT2D eigenvalue weighted by atomic mass is 15.2. The van der Waals surface area contributed by atoms with Crippen molar-refractivity contribution in [2.75, 3.05) is 19.6 Å². The summed E-state index contributed by atoms with van der Waals surface area (Å²) in [5, 5.41) is 13.0. The van der Waals surface area contributed by atoms with Crippen LogP contribution in [0.15, 0.2) is 0 Å². The first kappa shape index (κ1) is 14.5. The zero-order valence-electron chi connectivity index (χ0n) is 11.8. The molecule has 0 aromatic rings. The molecule has 0 saturated carbocycles. The van der Waals surface area contributed by atoms with Crippen molar-refractivity contribution in [2.45, 2.75) is 58.5 Å². The van der Waals surface area contributed by atoms with Crippen molar-refractivity contribution in [2.24, 2.45) is 5.92 Å². The Hall–Kier alpha value is -0.590. The van der Waals surface area contributed by atoms with Gasteiger partial charge in [0.25, 0.3) is 0 Å². The largest absolute Gasteiger partial charge is 0.301 e. The average molecular weight is 237 g/mol. The van der Waals surface area contributed by atoms with Crippen molar-refractivity contribution in [1.82, 2.24) is 10.2 Å². The van der Waals surface area contributed by atoms with Crippen molar-refractivity contribution in [3.63, 3.8) is 0 Å². The normalized spacial score (nSPS) is 27.1. The van der Waals surface area contributed by atoms with Crippen LogP contribution < -0.4 is 5.32 Å². The number of likely N-dealkylation sites (tertiary alicyclic amines) is 1. The van der Waals surface area contributed by atoms with Crippen LogP contribution in [0.1, 0.15) is 47.0 Å². The van der Waals surface area contributed by atoms with E-state index in [1.807, 2.05) is 0 Å². The molecule has 17 heavy (non-hydrogen) atoms. The third kappa shape index (κ3) is 4.29. The van der Waals surface area contributed by atoms with E-state index in [1.165, 1.54) is 0 Å². The fraction of sp³-hybridized carbons (Fsp3) is 0.929. The second-order valence-electron chi connectivity index (χ2n) is 5.95. The lowest BCUT2D eigenvalue weighted by molar-refractivity contribution is 0.225. The Morgan fingerprint density at radius 1 is 1.24 bits per heavy atom. The van der Waals surface area contributed by atoms with Gasteiger partial charge in [0.15, 0.2) is 0 Å². The van der Waals surface area contributed by atoms with Gasteiger partial charge in [0, 0.05) is 12.6 Å². The summed E-state index contributed by atoms with van der Waals surface area (Å²) in [6.07, 6.45) is 3.06. The van der Waals surface area contributed by atoms with Gasteiger partial charge in [-0.3, -0.25) is 5.32 Å². The van der Waals surface area contributed by atoms with Gasteiger partial charge in [-0.25, -0.2) is 0 Å². The molecule has 3 heteroatoms. The molecule has 0 radical (unpaired) electrons. The van der Waals surface area contributed by atoms with Crippen LogP contribution in [0.4, 0.5) is 0 Å². The van der Waals surface area contributed by atoms with Crippen molar-refractivity contribution in [1.29, 1.82) is 5.26 Å². The van der Waals surface area contributed by atoms with Gasteiger partial charge in [-0.05, 0) is 52.1 Å². The van der Waals surface area contributed by atoms with Gasteiger partial charge in [0.1, 0.15) is 5.54 Å². The van der Waals surface area contributed by atoms with E-state index in [0.717, 1.165) is 38.9 Å². The molecule has 1 fully saturated rings. The summed E-state index contributed by atoms with van der Waals surface area (Å²) in [6.45, 7) is 12.0. The Kier molecular flexibility index (Phi) is 5.42. The lowest BCUT2D eigenvalue weighted by Gasteiger charge is -2.28. The predicted molar refractivity (Wildman–Crippen MR) is 71.7 cm³/mol. The van der Waals surface area contributed by atoms with E-state index < -0.39 is 0 Å². The van der Waals surface area contributed by atoms with Crippen LogP contribution in [0.25, 0.3) is 0 Å². The highest BCUT2D eigenvalue weighted by Gasteiger charge is 2.32. The summed E-state index contributed by atoms with van der Waals surface area (Å²) in [7, 11) is 0. The van der Waals surface area contributed by atoms with Crippen molar-refractivity contribution >= 4 is 0 Å². The van der Waals surface area contributed by atoms with Crippen LogP contribution in [0.3, 0.4) is 0 Å². The minimum absolute atomic E-state index is 0.284. The molecule has 0 aliphatic carbocycles. The summed E-state index contributed by atoms with van der Waals surface area (Å²) < 4.78 is 0. The van der Waals surface area contributed by atoms with Crippen molar-refractivity contribution in [3.05, 3.63) is 0 Å². The zero-order valence-corrected chi connectivity index (χ0v) is 11.8. The quantitative estimate of drug-likeness (QED) is 0.816. The molecule has 0 aromatic carbocycles. The lowest BCUT2D eigenvalue weighted by Crippen LogP contribution is -2.46. The molecule has 0 amide bonds. The zero-order chi connectivity index (χ0) is 12.9. The van der Waals surface area contributed by atoms with Crippen LogP contribution in [-0.4, -0.2) is 36.1 Å². The highest BCUT2D eigenvalue weighted by Crippen LogP contribution is 2.23. The molecule has 0 spiro atoms. The van der Waals surface area contributed by atoms with Crippen molar-refractivity contribution in [3.8, 4) is 6.07 Å². The molecule has 1 atom stereocenters. The first-order valence-corrected chi connectivity index (χ1v) is 6.89. The van der Waals surface area contributed by atoms with Gasteiger partial charge >= 0.3 is 0 Å². The topological polar surface area (TPSA) is 39.1 Å². The minimum atomic E-state index is -0.284. The first-order chi connectivity index (χ1) is 7.99. The molecule has 0 bridgehead atoms. The molecular weight excluding hydrogens is 210 g/mol. The summed E-state index contributed by atoms with van der Waals surface area (Å²) in [5.74, 6) is 0.602. The maximum Gasteiger partial charge on any atom is 0.108 e. The third-order valence-electron chi connectivity index (χ3n) is 3.67. The van der Waals surface area contributed by atoms with Crippen LogP contribution in [-0.2, 0) is 0 Å². The van der Waals surface area contributed by atoms with Gasteiger partial charge in [-0.1, -0.05) is 13.8 Å². The maximum atomic E-state index is 9.47. The number of nitriles is 1. The van der Waals surface area contributed by atoms with Gasteiger partial charge in [0.05, 0.1) is 6.07 Å². The Morgan fingerprint density at radius 2 is 1.94 bits per heavy atom. The Bertz CT molecular complexity index is 267. The third-order valence-corrected chi connectivity index (χ3v) is 3.67. The lowest BCUT2D eigenvalue weighted by atomic mass is 9.91. The molecule has 98 valence electrons. The smallest absolute Gasteiger partial charge is 0.108 e. The number of hydrogen-bond donors (Lipinski definition) is 1. The molecule has 1 N–H and O–H groups in total. The average Bonchev–Trinajstić information content (AvgIpc) is 2.49. The van der Waals surface area contributed by atoms with Gasteiger partial charge < -0.3 is 4.90 Å². The molecule has 1 saturated heterocycles. The highest BCUT2D eigenvalue weighted by molar-refractivity contribution is 5.08. The summed E-state index contributed by atoms with van der Waals surface area (Å²) in [4.78, 5) is 2.48. The van der Waals surface area contributed by atoms with E-state index in [9.17, 15) is 5.26 Å². The SMILES string of the molecule is CC(C)CNC1(C#N)CCCN(C(C)C)CC1. The van der Waals surface area contributed by atoms with E-state index in [4.69, 9.17) is 0 Å². The molecule has 0 aromatic heterocycles. The molecule has 1 heterocycles. The molecular formula is C14H27N3. The van der Waals surface area contributed by atoms with E-state index in [0.29, 0.717) is 12.0 Å². The van der Waals surface area contributed by atoms with Gasteiger partial charge in [-0.2, -0.15) is 5.26 Å². The van der Waals surface area contributed by atoms with E-state index in [-0.39, 0.29) is 5.54 Å². The van der Waals surface area contributed by atoms with Gasteiger partial charge in [0.2, 0.25) is 0 Å².